The van der Waals surface area contributed by atoms with Gasteiger partial charge >= 0.3 is 0 Å². The minimum absolute atomic E-state index is 0.108. The first kappa shape index (κ1) is 14.0. The maximum atomic E-state index is 11.6. The van der Waals surface area contributed by atoms with E-state index in [4.69, 9.17) is 0 Å². The van der Waals surface area contributed by atoms with E-state index in [1.165, 1.54) is 11.3 Å². The van der Waals surface area contributed by atoms with E-state index in [0.717, 1.165) is 5.56 Å². The minimum atomic E-state index is -0.373. The summed E-state index contributed by atoms with van der Waals surface area (Å²) in [7, 11) is 0. The number of nitrogens with zero attached hydrogens (tertiary/aromatic N) is 1. The molecule has 0 bridgehead atoms. The Morgan fingerprint density at radius 1 is 1.15 bits per heavy atom. The summed E-state index contributed by atoms with van der Waals surface area (Å²) >= 11 is 1.32. The van der Waals surface area contributed by atoms with Crippen LogP contribution in [0.25, 0.3) is 0 Å². The lowest BCUT2D eigenvalue weighted by Crippen LogP contribution is -2.34. The standard InChI is InChI=1S/C14H13N3O2S/c18-13(10-15-14(19)12-7-4-8-20-12)17-16-9-11-5-2-1-3-6-11/h1-9H,10H2,(H,15,19)(H,17,18). The predicted molar refractivity (Wildman–Crippen MR) is 78.8 cm³/mol. The van der Waals surface area contributed by atoms with Crippen LogP contribution in [0.2, 0.25) is 0 Å². The highest BCUT2D eigenvalue weighted by Gasteiger charge is 2.07. The van der Waals surface area contributed by atoms with Gasteiger partial charge in [0.25, 0.3) is 11.8 Å². The van der Waals surface area contributed by atoms with Crippen LogP contribution < -0.4 is 10.7 Å². The van der Waals surface area contributed by atoms with E-state index >= 15 is 0 Å². The second-order valence-corrected chi connectivity index (χ2v) is 4.81. The highest BCUT2D eigenvalue weighted by atomic mass is 32.1. The van der Waals surface area contributed by atoms with Crippen molar-refractivity contribution in [2.45, 2.75) is 0 Å². The Balaban J connectivity index is 1.73. The summed E-state index contributed by atoms with van der Waals surface area (Å²) in [5.74, 6) is -0.635. The summed E-state index contributed by atoms with van der Waals surface area (Å²) in [6.07, 6.45) is 1.54. The first-order chi connectivity index (χ1) is 9.75. The number of nitrogens with one attached hydrogen (secondary N) is 2. The summed E-state index contributed by atoms with van der Waals surface area (Å²) in [5.41, 5.74) is 3.24. The van der Waals surface area contributed by atoms with Gasteiger partial charge in [0.2, 0.25) is 0 Å². The fourth-order valence-corrected chi connectivity index (χ4v) is 2.05. The van der Waals surface area contributed by atoms with Crippen LogP contribution in [-0.2, 0) is 4.79 Å². The molecule has 20 heavy (non-hydrogen) atoms. The molecule has 0 saturated carbocycles. The molecule has 2 amide bonds. The van der Waals surface area contributed by atoms with E-state index in [9.17, 15) is 9.59 Å². The molecule has 102 valence electrons. The Morgan fingerprint density at radius 2 is 1.95 bits per heavy atom. The molecule has 2 aromatic rings. The third-order valence-corrected chi connectivity index (χ3v) is 3.23. The molecule has 0 aliphatic rings. The maximum absolute atomic E-state index is 11.6. The molecule has 6 heteroatoms. The average Bonchev–Trinajstić information content (AvgIpc) is 3.00. The molecule has 0 unspecified atom stereocenters. The number of rotatable bonds is 5. The van der Waals surface area contributed by atoms with Crippen molar-refractivity contribution < 1.29 is 9.59 Å². The van der Waals surface area contributed by atoms with Crippen LogP contribution >= 0.6 is 11.3 Å². The van der Waals surface area contributed by atoms with Gasteiger partial charge in [0.1, 0.15) is 0 Å². The lowest BCUT2D eigenvalue weighted by molar-refractivity contribution is -0.120. The Morgan fingerprint density at radius 3 is 2.65 bits per heavy atom. The van der Waals surface area contributed by atoms with Crippen molar-refractivity contribution in [1.82, 2.24) is 10.7 Å². The summed E-state index contributed by atoms with van der Waals surface area (Å²) < 4.78 is 0. The van der Waals surface area contributed by atoms with Crippen molar-refractivity contribution >= 4 is 29.4 Å². The number of thiophene rings is 1. The predicted octanol–water partition coefficient (Wildman–Crippen LogP) is 1.63. The van der Waals surface area contributed by atoms with Crippen molar-refractivity contribution in [2.75, 3.05) is 6.54 Å². The van der Waals surface area contributed by atoms with Crippen molar-refractivity contribution in [1.29, 1.82) is 0 Å². The molecule has 0 aliphatic carbocycles. The van der Waals surface area contributed by atoms with Gasteiger partial charge in [-0.05, 0) is 17.0 Å². The summed E-state index contributed by atoms with van der Waals surface area (Å²) in [6.45, 7) is -0.108. The fraction of sp³-hybridized carbons (Fsp3) is 0.0714. The molecule has 0 saturated heterocycles. The number of hydrazone groups is 1. The summed E-state index contributed by atoms with van der Waals surface area (Å²) in [6, 6.07) is 12.9. The lowest BCUT2D eigenvalue weighted by Gasteiger charge is -2.02. The van der Waals surface area contributed by atoms with Crippen LogP contribution in [0.15, 0.2) is 52.9 Å². The molecule has 2 N–H and O–H groups in total. The Kier molecular flexibility index (Phi) is 5.02. The van der Waals surface area contributed by atoms with Crippen molar-refractivity contribution in [3.63, 3.8) is 0 Å². The largest absolute Gasteiger partial charge is 0.342 e. The molecule has 0 spiro atoms. The fourth-order valence-electron chi connectivity index (χ4n) is 1.41. The van der Waals surface area contributed by atoms with Crippen molar-refractivity contribution in [2.24, 2.45) is 5.10 Å². The van der Waals surface area contributed by atoms with E-state index in [1.54, 1.807) is 23.7 Å². The Bertz CT molecular complexity index is 594. The number of hydrogen-bond donors (Lipinski definition) is 2. The van der Waals surface area contributed by atoms with Gasteiger partial charge in [-0.25, -0.2) is 5.43 Å². The van der Waals surface area contributed by atoms with E-state index in [2.05, 4.69) is 15.8 Å². The lowest BCUT2D eigenvalue weighted by atomic mass is 10.2. The van der Waals surface area contributed by atoms with Crippen LogP contribution in [0.5, 0.6) is 0 Å². The van der Waals surface area contributed by atoms with Gasteiger partial charge in [0.15, 0.2) is 0 Å². The van der Waals surface area contributed by atoms with Gasteiger partial charge < -0.3 is 5.32 Å². The molecule has 2 rings (SSSR count). The summed E-state index contributed by atoms with van der Waals surface area (Å²) in [4.78, 5) is 23.6. The Hall–Kier alpha value is -2.47. The zero-order valence-electron chi connectivity index (χ0n) is 10.6. The van der Waals surface area contributed by atoms with Gasteiger partial charge in [-0.1, -0.05) is 36.4 Å². The molecule has 1 heterocycles. The number of amides is 2. The van der Waals surface area contributed by atoms with Gasteiger partial charge in [0, 0.05) is 0 Å². The average molecular weight is 287 g/mol. The second-order valence-electron chi connectivity index (χ2n) is 3.86. The van der Waals surface area contributed by atoms with Crippen LogP contribution in [0, 0.1) is 0 Å². The van der Waals surface area contributed by atoms with E-state index < -0.39 is 0 Å². The monoisotopic (exact) mass is 287 g/mol. The van der Waals surface area contributed by atoms with Crippen molar-refractivity contribution in [3.05, 3.63) is 58.3 Å². The van der Waals surface area contributed by atoms with E-state index in [0.29, 0.717) is 4.88 Å². The smallest absolute Gasteiger partial charge is 0.261 e. The molecule has 1 aromatic carbocycles. The number of carbonyl (C=O) groups is 2. The third kappa shape index (κ3) is 4.33. The van der Waals surface area contributed by atoms with E-state index in [-0.39, 0.29) is 18.4 Å². The molecule has 1 aromatic heterocycles. The molecule has 5 nitrogen and oxygen atoms in total. The quantitative estimate of drug-likeness (QED) is 0.648. The normalized spacial score (nSPS) is 10.4. The zero-order valence-corrected chi connectivity index (χ0v) is 11.4. The second kappa shape index (κ2) is 7.20. The van der Waals surface area contributed by atoms with Gasteiger partial charge in [-0.15, -0.1) is 11.3 Å². The number of hydrogen-bond acceptors (Lipinski definition) is 4. The first-order valence-electron chi connectivity index (χ1n) is 5.94. The van der Waals surface area contributed by atoms with Crippen molar-refractivity contribution in [3.8, 4) is 0 Å². The van der Waals surface area contributed by atoms with Crippen LogP contribution in [0.4, 0.5) is 0 Å². The molecular formula is C14H13N3O2S. The molecule has 0 fully saturated rings. The van der Waals surface area contributed by atoms with Crippen LogP contribution in [0.3, 0.4) is 0 Å². The molecule has 0 aliphatic heterocycles. The number of carbonyl (C=O) groups excluding carboxylic acids is 2. The number of benzene rings is 1. The Labute approximate surface area is 120 Å². The first-order valence-corrected chi connectivity index (χ1v) is 6.82. The van der Waals surface area contributed by atoms with Gasteiger partial charge in [0.05, 0.1) is 17.6 Å². The van der Waals surface area contributed by atoms with Crippen LogP contribution in [0.1, 0.15) is 15.2 Å². The van der Waals surface area contributed by atoms with E-state index in [1.807, 2.05) is 30.3 Å². The third-order valence-electron chi connectivity index (χ3n) is 2.36. The van der Waals surface area contributed by atoms with Crippen LogP contribution in [-0.4, -0.2) is 24.6 Å². The highest BCUT2D eigenvalue weighted by molar-refractivity contribution is 7.12. The minimum Gasteiger partial charge on any atom is -0.342 e. The van der Waals surface area contributed by atoms with Gasteiger partial charge in [-0.3, -0.25) is 9.59 Å². The zero-order chi connectivity index (χ0) is 14.2. The molecular weight excluding hydrogens is 274 g/mol. The molecule has 0 atom stereocenters. The highest BCUT2D eigenvalue weighted by Crippen LogP contribution is 2.07. The topological polar surface area (TPSA) is 70.6 Å². The SMILES string of the molecule is O=C(CNC(=O)c1cccs1)NN=Cc1ccccc1. The molecule has 0 radical (unpaired) electrons. The maximum Gasteiger partial charge on any atom is 0.261 e. The van der Waals surface area contributed by atoms with Gasteiger partial charge in [-0.2, -0.15) is 5.10 Å². The summed E-state index contributed by atoms with van der Waals surface area (Å²) in [5, 5.41) is 8.13.